The van der Waals surface area contributed by atoms with Crippen molar-refractivity contribution in [2.24, 2.45) is 0 Å². The molecule has 3 aromatic rings. The highest BCUT2D eigenvalue weighted by Gasteiger charge is 2.15. The molecule has 8 heteroatoms. The van der Waals surface area contributed by atoms with Gasteiger partial charge in [0.1, 0.15) is 12.3 Å². The number of likely N-dealkylation sites (N-methyl/N-ethyl adjacent to an activating group) is 1. The molecule has 2 heterocycles. The second-order valence-corrected chi connectivity index (χ2v) is 5.80. The summed E-state index contributed by atoms with van der Waals surface area (Å²) in [6.07, 6.45) is 2.86. The van der Waals surface area contributed by atoms with Gasteiger partial charge in [0.25, 0.3) is 5.56 Å². The van der Waals surface area contributed by atoms with E-state index in [1.54, 1.807) is 36.4 Å². The van der Waals surface area contributed by atoms with E-state index in [-0.39, 0.29) is 37.0 Å². The Morgan fingerprint density at radius 1 is 1.23 bits per heavy atom. The van der Waals surface area contributed by atoms with E-state index in [4.69, 9.17) is 4.42 Å². The Morgan fingerprint density at radius 3 is 2.81 bits per heavy atom. The van der Waals surface area contributed by atoms with Crippen LogP contribution in [0.3, 0.4) is 0 Å². The number of amides is 2. The third kappa shape index (κ3) is 3.97. The quantitative estimate of drug-likeness (QED) is 0.705. The fraction of sp³-hybridized carbons (Fsp3) is 0.222. The summed E-state index contributed by atoms with van der Waals surface area (Å²) in [5.74, 6) is -0.0558. The van der Waals surface area contributed by atoms with Gasteiger partial charge in [0.2, 0.25) is 11.8 Å². The molecule has 0 saturated heterocycles. The smallest absolute Gasteiger partial charge is 0.261 e. The van der Waals surface area contributed by atoms with Crippen LogP contribution >= 0.6 is 0 Å². The lowest BCUT2D eigenvalue weighted by atomic mass is 10.2. The average molecular weight is 354 g/mol. The molecule has 0 bridgehead atoms. The number of benzene rings is 1. The summed E-state index contributed by atoms with van der Waals surface area (Å²) in [5, 5.41) is 3.11. The van der Waals surface area contributed by atoms with Crippen LogP contribution in [0.5, 0.6) is 0 Å². The zero-order valence-electron chi connectivity index (χ0n) is 14.2. The van der Waals surface area contributed by atoms with Gasteiger partial charge in [0.05, 0.1) is 36.6 Å². The van der Waals surface area contributed by atoms with Gasteiger partial charge in [0.15, 0.2) is 0 Å². The number of hydrogen-bond acceptors (Lipinski definition) is 5. The first-order valence-electron chi connectivity index (χ1n) is 8.02. The fourth-order valence-electron chi connectivity index (χ4n) is 2.44. The molecule has 2 amide bonds. The number of carbonyl (C=O) groups is 2. The van der Waals surface area contributed by atoms with E-state index in [9.17, 15) is 14.4 Å². The molecule has 0 unspecified atom stereocenters. The minimum atomic E-state index is -0.364. The first-order valence-corrected chi connectivity index (χ1v) is 8.02. The summed E-state index contributed by atoms with van der Waals surface area (Å²) in [6.45, 7) is -0.0458. The van der Waals surface area contributed by atoms with Crippen LogP contribution in [-0.2, 0) is 22.7 Å². The lowest BCUT2D eigenvalue weighted by Crippen LogP contribution is -2.40. The standard InChI is InChI=1S/C18H18N4O4/c1-21(10-16(23)19-9-13-5-4-8-26-13)17(24)11-22-12-20-15-7-3-2-6-14(15)18(22)25/h2-8,12H,9-11H2,1H3,(H,19,23). The van der Waals surface area contributed by atoms with Crippen molar-refractivity contribution in [3.8, 4) is 0 Å². The van der Waals surface area contributed by atoms with E-state index in [2.05, 4.69) is 10.3 Å². The first kappa shape index (κ1) is 17.4. The monoisotopic (exact) mass is 354 g/mol. The molecule has 134 valence electrons. The summed E-state index contributed by atoms with van der Waals surface area (Å²) >= 11 is 0. The molecule has 0 saturated carbocycles. The van der Waals surface area contributed by atoms with Gasteiger partial charge >= 0.3 is 0 Å². The molecule has 1 aromatic carbocycles. The number of furan rings is 1. The summed E-state index contributed by atoms with van der Waals surface area (Å²) < 4.78 is 6.36. The van der Waals surface area contributed by atoms with E-state index in [1.807, 2.05) is 0 Å². The van der Waals surface area contributed by atoms with Crippen LogP contribution in [-0.4, -0.2) is 39.9 Å². The lowest BCUT2D eigenvalue weighted by molar-refractivity contribution is -0.135. The normalized spacial score (nSPS) is 10.7. The Kier molecular flexibility index (Phi) is 5.12. The van der Waals surface area contributed by atoms with Crippen LogP contribution in [0.4, 0.5) is 0 Å². The highest BCUT2D eigenvalue weighted by molar-refractivity contribution is 5.84. The minimum absolute atomic E-state index is 0.116. The predicted octanol–water partition coefficient (Wildman–Crippen LogP) is 0.764. The van der Waals surface area contributed by atoms with Crippen molar-refractivity contribution in [2.75, 3.05) is 13.6 Å². The molecule has 0 aliphatic carbocycles. The van der Waals surface area contributed by atoms with Gasteiger partial charge < -0.3 is 14.6 Å². The highest BCUT2D eigenvalue weighted by atomic mass is 16.3. The topological polar surface area (TPSA) is 97.4 Å². The molecule has 2 aromatic heterocycles. The molecular formula is C18H18N4O4. The van der Waals surface area contributed by atoms with Gasteiger partial charge in [-0.15, -0.1) is 0 Å². The van der Waals surface area contributed by atoms with E-state index >= 15 is 0 Å². The van der Waals surface area contributed by atoms with Crippen molar-refractivity contribution >= 4 is 22.7 Å². The van der Waals surface area contributed by atoms with Gasteiger partial charge in [-0.05, 0) is 24.3 Å². The minimum Gasteiger partial charge on any atom is -0.467 e. The van der Waals surface area contributed by atoms with Crippen LogP contribution in [0, 0.1) is 0 Å². The molecular weight excluding hydrogens is 336 g/mol. The number of aromatic nitrogens is 2. The van der Waals surface area contributed by atoms with Crippen LogP contribution in [0.2, 0.25) is 0 Å². The Morgan fingerprint density at radius 2 is 2.04 bits per heavy atom. The molecule has 0 spiro atoms. The van der Waals surface area contributed by atoms with Gasteiger partial charge in [-0.25, -0.2) is 4.98 Å². The van der Waals surface area contributed by atoms with Crippen molar-refractivity contribution in [1.82, 2.24) is 19.8 Å². The number of nitrogens with one attached hydrogen (secondary N) is 1. The Bertz CT molecular complexity index is 978. The molecule has 0 fully saturated rings. The number of rotatable bonds is 6. The molecule has 0 atom stereocenters. The maximum absolute atomic E-state index is 12.4. The van der Waals surface area contributed by atoms with Gasteiger partial charge in [0, 0.05) is 7.05 Å². The SMILES string of the molecule is CN(CC(=O)NCc1ccco1)C(=O)Cn1cnc2ccccc2c1=O. The molecule has 8 nitrogen and oxygen atoms in total. The van der Waals surface area contributed by atoms with Crippen LogP contribution in [0.15, 0.2) is 58.2 Å². The van der Waals surface area contributed by atoms with E-state index < -0.39 is 0 Å². The van der Waals surface area contributed by atoms with Crippen molar-refractivity contribution in [1.29, 1.82) is 0 Å². The van der Waals surface area contributed by atoms with E-state index in [0.717, 1.165) is 0 Å². The summed E-state index contributed by atoms with van der Waals surface area (Å²) in [5.41, 5.74) is 0.284. The van der Waals surface area contributed by atoms with Gasteiger partial charge in [-0.1, -0.05) is 12.1 Å². The maximum Gasteiger partial charge on any atom is 0.261 e. The molecule has 3 rings (SSSR count). The molecule has 1 N–H and O–H groups in total. The number of hydrogen-bond donors (Lipinski definition) is 1. The molecule has 0 aliphatic heterocycles. The Labute approximate surface area is 149 Å². The number of nitrogens with zero attached hydrogens (tertiary/aromatic N) is 3. The third-order valence-electron chi connectivity index (χ3n) is 3.88. The van der Waals surface area contributed by atoms with E-state index in [1.165, 1.54) is 29.1 Å². The number of carbonyl (C=O) groups excluding carboxylic acids is 2. The molecule has 0 radical (unpaired) electrons. The molecule has 0 aliphatic rings. The average Bonchev–Trinajstić information content (AvgIpc) is 3.16. The summed E-state index contributed by atoms with van der Waals surface area (Å²) in [6, 6.07) is 10.4. The second-order valence-electron chi connectivity index (χ2n) is 5.80. The first-order chi connectivity index (χ1) is 12.5. The van der Waals surface area contributed by atoms with Crippen LogP contribution in [0.1, 0.15) is 5.76 Å². The predicted molar refractivity (Wildman–Crippen MR) is 94.2 cm³/mol. The lowest BCUT2D eigenvalue weighted by Gasteiger charge is -2.17. The van der Waals surface area contributed by atoms with Crippen molar-refractivity contribution in [3.63, 3.8) is 0 Å². The number of para-hydroxylation sites is 1. The number of fused-ring (bicyclic) bond motifs is 1. The van der Waals surface area contributed by atoms with Crippen LogP contribution < -0.4 is 10.9 Å². The highest BCUT2D eigenvalue weighted by Crippen LogP contribution is 2.04. The maximum atomic E-state index is 12.4. The Hall–Kier alpha value is -3.42. The van der Waals surface area contributed by atoms with Gasteiger partial charge in [-0.2, -0.15) is 0 Å². The summed E-state index contributed by atoms with van der Waals surface area (Å²) in [7, 11) is 1.51. The van der Waals surface area contributed by atoms with E-state index in [0.29, 0.717) is 16.7 Å². The second kappa shape index (κ2) is 7.64. The zero-order valence-corrected chi connectivity index (χ0v) is 14.2. The van der Waals surface area contributed by atoms with Crippen LogP contribution in [0.25, 0.3) is 10.9 Å². The third-order valence-corrected chi connectivity index (χ3v) is 3.88. The fourth-order valence-corrected chi connectivity index (χ4v) is 2.44. The van der Waals surface area contributed by atoms with Crippen molar-refractivity contribution in [3.05, 3.63) is 65.1 Å². The van der Waals surface area contributed by atoms with Crippen molar-refractivity contribution in [2.45, 2.75) is 13.1 Å². The van der Waals surface area contributed by atoms with Gasteiger partial charge in [-0.3, -0.25) is 19.0 Å². The Balaban J connectivity index is 1.59. The largest absolute Gasteiger partial charge is 0.467 e. The molecule has 26 heavy (non-hydrogen) atoms. The van der Waals surface area contributed by atoms with Crippen molar-refractivity contribution < 1.29 is 14.0 Å². The summed E-state index contributed by atoms with van der Waals surface area (Å²) in [4.78, 5) is 42.1. The zero-order chi connectivity index (χ0) is 18.5.